The van der Waals surface area contributed by atoms with Crippen molar-refractivity contribution in [3.8, 4) is 0 Å². The highest BCUT2D eigenvalue weighted by Crippen LogP contribution is 2.32. The Balaban J connectivity index is 2.12. The average Bonchev–Trinajstić information content (AvgIpc) is 2.38. The highest BCUT2D eigenvalue weighted by molar-refractivity contribution is 6.33. The lowest BCUT2D eigenvalue weighted by Gasteiger charge is -2.20. The second-order valence-corrected chi connectivity index (χ2v) is 5.32. The molecule has 0 amide bonds. The van der Waals surface area contributed by atoms with Crippen LogP contribution in [-0.2, 0) is 6.18 Å². The van der Waals surface area contributed by atoms with E-state index in [1.54, 1.807) is 0 Å². The number of halogens is 4. The van der Waals surface area contributed by atoms with Crippen molar-refractivity contribution >= 4 is 23.1 Å². The van der Waals surface area contributed by atoms with E-state index >= 15 is 0 Å². The Morgan fingerprint density at radius 2 is 2.15 bits per heavy atom. The molecule has 110 valence electrons. The molecule has 20 heavy (non-hydrogen) atoms. The third-order valence-electron chi connectivity index (χ3n) is 3.36. The fourth-order valence-electron chi connectivity index (χ4n) is 2.14. The van der Waals surface area contributed by atoms with E-state index in [0.717, 1.165) is 37.2 Å². The van der Waals surface area contributed by atoms with E-state index in [1.165, 1.54) is 6.42 Å². The molecule has 0 radical (unpaired) electrons. The van der Waals surface area contributed by atoms with Crippen molar-refractivity contribution in [2.45, 2.75) is 38.8 Å². The molecule has 0 aromatic carbocycles. The summed E-state index contributed by atoms with van der Waals surface area (Å²) in [5.74, 6) is 0.523. The summed E-state index contributed by atoms with van der Waals surface area (Å²) in [5, 5.41) is 4.14. The van der Waals surface area contributed by atoms with Crippen molar-refractivity contribution in [1.82, 2.24) is 4.98 Å². The van der Waals surface area contributed by atoms with Gasteiger partial charge in [-0.2, -0.15) is 18.3 Å². The minimum Gasteiger partial charge on any atom is -0.260 e. The van der Waals surface area contributed by atoms with Crippen LogP contribution in [-0.4, -0.2) is 10.7 Å². The van der Waals surface area contributed by atoms with Crippen molar-refractivity contribution in [3.63, 3.8) is 0 Å². The van der Waals surface area contributed by atoms with Crippen LogP contribution in [0, 0.1) is 5.92 Å². The van der Waals surface area contributed by atoms with Crippen LogP contribution in [0.25, 0.3) is 0 Å². The average molecular weight is 306 g/mol. The van der Waals surface area contributed by atoms with Crippen LogP contribution in [0.4, 0.5) is 19.0 Å². The summed E-state index contributed by atoms with van der Waals surface area (Å²) in [6.45, 7) is 2.08. The summed E-state index contributed by atoms with van der Waals surface area (Å²) in [7, 11) is 0. The van der Waals surface area contributed by atoms with Crippen LogP contribution in [0.15, 0.2) is 17.4 Å². The number of pyridine rings is 1. The summed E-state index contributed by atoms with van der Waals surface area (Å²) in [4.78, 5) is 3.68. The minimum absolute atomic E-state index is 0.0902. The van der Waals surface area contributed by atoms with Crippen LogP contribution in [0.5, 0.6) is 0 Å². The molecule has 1 heterocycles. The molecule has 1 aliphatic rings. The zero-order valence-corrected chi connectivity index (χ0v) is 11.7. The van der Waals surface area contributed by atoms with Gasteiger partial charge in [-0.3, -0.25) is 5.43 Å². The SMILES string of the molecule is C[C@H]1CCCC/C1=N/Nc1ncc(C(F)(F)F)cc1Cl. The van der Waals surface area contributed by atoms with Crippen molar-refractivity contribution in [2.24, 2.45) is 11.0 Å². The third kappa shape index (κ3) is 3.62. The zero-order chi connectivity index (χ0) is 14.8. The highest BCUT2D eigenvalue weighted by atomic mass is 35.5. The standard InChI is InChI=1S/C13H15ClF3N3/c1-8-4-2-3-5-11(8)19-20-12-10(14)6-9(7-18-12)13(15,16)17/h6-8H,2-5H2,1H3,(H,18,20)/b19-11-/t8-/m0/s1. The van der Waals surface area contributed by atoms with Crippen molar-refractivity contribution in [3.05, 3.63) is 22.8 Å². The Labute approximate surface area is 120 Å². The second kappa shape index (κ2) is 5.99. The maximum Gasteiger partial charge on any atom is 0.417 e. The number of anilines is 1. The van der Waals surface area contributed by atoms with Crippen LogP contribution < -0.4 is 5.43 Å². The molecular weight excluding hydrogens is 291 g/mol. The molecular formula is C13H15ClF3N3. The predicted molar refractivity (Wildman–Crippen MR) is 72.9 cm³/mol. The first-order valence-corrected chi connectivity index (χ1v) is 6.81. The first-order chi connectivity index (χ1) is 9.38. The summed E-state index contributed by atoms with van der Waals surface area (Å²) in [6.07, 6.45) is 0.539. The highest BCUT2D eigenvalue weighted by Gasteiger charge is 2.31. The molecule has 1 saturated carbocycles. The number of nitrogens with one attached hydrogen (secondary N) is 1. The van der Waals surface area contributed by atoms with Gasteiger partial charge < -0.3 is 0 Å². The number of alkyl halides is 3. The van der Waals surface area contributed by atoms with Crippen molar-refractivity contribution < 1.29 is 13.2 Å². The number of hydrogen-bond acceptors (Lipinski definition) is 3. The van der Waals surface area contributed by atoms with Gasteiger partial charge in [0.05, 0.1) is 10.6 Å². The summed E-state index contributed by atoms with van der Waals surface area (Å²) < 4.78 is 37.4. The van der Waals surface area contributed by atoms with E-state index in [-0.39, 0.29) is 10.8 Å². The molecule has 0 bridgehead atoms. The maximum atomic E-state index is 12.5. The fraction of sp³-hybridized carbons (Fsp3) is 0.538. The molecule has 1 fully saturated rings. The van der Waals surface area contributed by atoms with Gasteiger partial charge in [-0.25, -0.2) is 4.98 Å². The van der Waals surface area contributed by atoms with Gasteiger partial charge in [0.2, 0.25) is 0 Å². The summed E-state index contributed by atoms with van der Waals surface area (Å²) in [5.41, 5.74) is 2.81. The second-order valence-electron chi connectivity index (χ2n) is 4.91. The summed E-state index contributed by atoms with van der Waals surface area (Å²) >= 11 is 5.80. The van der Waals surface area contributed by atoms with Crippen LogP contribution in [0.1, 0.15) is 38.2 Å². The Hall–Kier alpha value is -1.30. The van der Waals surface area contributed by atoms with E-state index in [9.17, 15) is 13.2 Å². The largest absolute Gasteiger partial charge is 0.417 e. The summed E-state index contributed by atoms with van der Waals surface area (Å²) in [6, 6.07) is 0.849. The molecule has 0 unspecified atom stereocenters. The topological polar surface area (TPSA) is 37.3 Å². The molecule has 0 saturated heterocycles. The lowest BCUT2D eigenvalue weighted by Crippen LogP contribution is -2.17. The Morgan fingerprint density at radius 1 is 1.40 bits per heavy atom. The van der Waals surface area contributed by atoms with Crippen LogP contribution >= 0.6 is 11.6 Å². The van der Waals surface area contributed by atoms with E-state index in [1.807, 2.05) is 0 Å². The van der Waals surface area contributed by atoms with E-state index in [2.05, 4.69) is 22.4 Å². The molecule has 3 nitrogen and oxygen atoms in total. The first kappa shape index (κ1) is 15.1. The molecule has 1 aromatic heterocycles. The maximum absolute atomic E-state index is 12.5. The van der Waals surface area contributed by atoms with E-state index in [0.29, 0.717) is 5.92 Å². The van der Waals surface area contributed by atoms with E-state index in [4.69, 9.17) is 11.6 Å². The number of aromatic nitrogens is 1. The Bertz CT molecular complexity index is 514. The Kier molecular flexibility index (Phi) is 4.52. The number of hydrogen-bond donors (Lipinski definition) is 1. The van der Waals surface area contributed by atoms with Gasteiger partial charge in [-0.1, -0.05) is 24.9 Å². The molecule has 2 rings (SSSR count). The van der Waals surface area contributed by atoms with Crippen LogP contribution in [0.3, 0.4) is 0 Å². The molecule has 1 aliphatic carbocycles. The first-order valence-electron chi connectivity index (χ1n) is 6.43. The fourth-order valence-corrected chi connectivity index (χ4v) is 2.34. The molecule has 1 atom stereocenters. The van der Waals surface area contributed by atoms with Gasteiger partial charge in [-0.05, 0) is 31.2 Å². The molecule has 7 heteroatoms. The van der Waals surface area contributed by atoms with Gasteiger partial charge in [0.1, 0.15) is 0 Å². The van der Waals surface area contributed by atoms with E-state index < -0.39 is 11.7 Å². The van der Waals surface area contributed by atoms with Crippen LogP contribution in [0.2, 0.25) is 5.02 Å². The lowest BCUT2D eigenvalue weighted by atomic mass is 9.89. The predicted octanol–water partition coefficient (Wildman–Crippen LogP) is 4.73. The third-order valence-corrected chi connectivity index (χ3v) is 3.65. The molecule has 1 N–H and O–H groups in total. The Morgan fingerprint density at radius 3 is 2.75 bits per heavy atom. The quantitative estimate of drug-likeness (QED) is 0.802. The van der Waals surface area contributed by atoms with Crippen molar-refractivity contribution in [2.75, 3.05) is 5.43 Å². The van der Waals surface area contributed by atoms with Gasteiger partial charge in [0.15, 0.2) is 5.82 Å². The number of hydrazone groups is 1. The molecule has 0 aliphatic heterocycles. The lowest BCUT2D eigenvalue weighted by molar-refractivity contribution is -0.137. The number of rotatable bonds is 2. The van der Waals surface area contributed by atoms with Gasteiger partial charge >= 0.3 is 6.18 Å². The normalized spacial score (nSPS) is 22.1. The van der Waals surface area contributed by atoms with Gasteiger partial charge in [0, 0.05) is 11.9 Å². The van der Waals surface area contributed by atoms with Gasteiger partial charge in [-0.15, -0.1) is 0 Å². The molecule has 1 aromatic rings. The zero-order valence-electron chi connectivity index (χ0n) is 11.0. The molecule has 0 spiro atoms. The monoisotopic (exact) mass is 305 g/mol. The number of nitrogens with zero attached hydrogens (tertiary/aromatic N) is 2. The minimum atomic E-state index is -4.45. The van der Waals surface area contributed by atoms with Crippen molar-refractivity contribution in [1.29, 1.82) is 0 Å². The smallest absolute Gasteiger partial charge is 0.260 e. The van der Waals surface area contributed by atoms with Gasteiger partial charge in [0.25, 0.3) is 0 Å².